The molecule has 1 aromatic carbocycles. The Balaban J connectivity index is 1.69. The maximum Gasteiger partial charge on any atom is 0.209 e. The van der Waals surface area contributed by atoms with Crippen molar-refractivity contribution in [1.29, 1.82) is 0 Å². The van der Waals surface area contributed by atoms with Gasteiger partial charge in [-0.25, -0.2) is 9.97 Å². The predicted molar refractivity (Wildman–Crippen MR) is 84.3 cm³/mol. The summed E-state index contributed by atoms with van der Waals surface area (Å²) in [6, 6.07) is 7.51. The van der Waals surface area contributed by atoms with Crippen LogP contribution in [0.15, 0.2) is 41.8 Å². The Morgan fingerprint density at radius 3 is 2.86 bits per heavy atom. The lowest BCUT2D eigenvalue weighted by atomic mass is 10.2. The summed E-state index contributed by atoms with van der Waals surface area (Å²) in [5, 5.41) is 8.60. The van der Waals surface area contributed by atoms with Crippen molar-refractivity contribution in [2.45, 2.75) is 24.4 Å². The number of nitrogens with one attached hydrogen (secondary N) is 1. The van der Waals surface area contributed by atoms with Gasteiger partial charge in [0.1, 0.15) is 5.82 Å². The summed E-state index contributed by atoms with van der Waals surface area (Å²) >= 11 is 7.44. The molecule has 0 aliphatic carbocycles. The third kappa shape index (κ3) is 3.28. The minimum atomic E-state index is 0.708. The van der Waals surface area contributed by atoms with E-state index in [9.17, 15) is 0 Å². The van der Waals surface area contributed by atoms with E-state index in [1.54, 1.807) is 11.8 Å². The highest BCUT2D eigenvalue weighted by Crippen LogP contribution is 2.22. The van der Waals surface area contributed by atoms with Crippen molar-refractivity contribution in [3.05, 3.63) is 47.5 Å². The van der Waals surface area contributed by atoms with Gasteiger partial charge < -0.3 is 4.57 Å². The number of aryl methyl sites for hydroxylation is 1. The molecule has 108 valence electrons. The molecular weight excluding hydrogens is 306 g/mol. The molecule has 0 spiro atoms. The van der Waals surface area contributed by atoms with Crippen molar-refractivity contribution in [3.8, 4) is 11.4 Å². The fourth-order valence-corrected chi connectivity index (χ4v) is 2.84. The molecule has 0 radical (unpaired) electrons. The number of halogens is 1. The Labute approximate surface area is 131 Å². The summed E-state index contributed by atoms with van der Waals surface area (Å²) in [7, 11) is 0. The van der Waals surface area contributed by atoms with Gasteiger partial charge >= 0.3 is 0 Å². The standard InChI is InChI=1S/C14H14ClN5S/c1-2-20-8-7-16-12(20)9-21-14-17-13(18-19-14)10-3-5-11(15)6-4-10/h3-8H,2,9H2,1H3,(H,17,18,19). The molecule has 0 saturated carbocycles. The van der Waals surface area contributed by atoms with Crippen LogP contribution in [-0.2, 0) is 12.3 Å². The van der Waals surface area contributed by atoms with Gasteiger partial charge in [0.15, 0.2) is 5.82 Å². The third-order valence-corrected chi connectivity index (χ3v) is 4.15. The number of aromatic amines is 1. The second kappa shape index (κ2) is 6.32. The highest BCUT2D eigenvalue weighted by molar-refractivity contribution is 7.98. The van der Waals surface area contributed by atoms with Gasteiger partial charge in [0.05, 0.1) is 5.75 Å². The first kappa shape index (κ1) is 14.2. The molecule has 3 aromatic rings. The maximum atomic E-state index is 5.88. The first-order valence-corrected chi connectivity index (χ1v) is 7.93. The van der Waals surface area contributed by atoms with E-state index in [0.717, 1.165) is 29.5 Å². The molecule has 0 saturated heterocycles. The van der Waals surface area contributed by atoms with Crippen LogP contribution in [0.1, 0.15) is 12.7 Å². The van der Waals surface area contributed by atoms with Gasteiger partial charge in [0.25, 0.3) is 0 Å². The van der Waals surface area contributed by atoms with E-state index >= 15 is 0 Å². The Morgan fingerprint density at radius 2 is 2.10 bits per heavy atom. The zero-order valence-electron chi connectivity index (χ0n) is 11.5. The lowest BCUT2D eigenvalue weighted by molar-refractivity contribution is 0.725. The quantitative estimate of drug-likeness (QED) is 0.729. The van der Waals surface area contributed by atoms with Crippen LogP contribution in [0.25, 0.3) is 11.4 Å². The largest absolute Gasteiger partial charge is 0.335 e. The number of nitrogens with zero attached hydrogens (tertiary/aromatic N) is 4. The van der Waals surface area contributed by atoms with Crippen LogP contribution in [0.5, 0.6) is 0 Å². The van der Waals surface area contributed by atoms with Gasteiger partial charge in [-0.2, -0.15) is 0 Å². The minimum absolute atomic E-state index is 0.708. The number of hydrogen-bond donors (Lipinski definition) is 1. The Hall–Kier alpha value is -1.79. The summed E-state index contributed by atoms with van der Waals surface area (Å²) < 4.78 is 2.11. The number of hydrogen-bond acceptors (Lipinski definition) is 4. The molecule has 0 bridgehead atoms. The number of thioether (sulfide) groups is 1. The molecule has 3 rings (SSSR count). The minimum Gasteiger partial charge on any atom is -0.335 e. The van der Waals surface area contributed by atoms with E-state index in [2.05, 4.69) is 31.7 Å². The molecule has 21 heavy (non-hydrogen) atoms. The molecule has 5 nitrogen and oxygen atoms in total. The van der Waals surface area contributed by atoms with Crippen LogP contribution < -0.4 is 0 Å². The van der Waals surface area contributed by atoms with E-state index < -0.39 is 0 Å². The smallest absolute Gasteiger partial charge is 0.209 e. The van der Waals surface area contributed by atoms with Crippen molar-refractivity contribution >= 4 is 23.4 Å². The summed E-state index contributed by atoms with van der Waals surface area (Å²) in [6.07, 6.45) is 3.80. The summed E-state index contributed by atoms with van der Waals surface area (Å²) in [5.41, 5.74) is 0.966. The number of imidazole rings is 1. The molecular formula is C14H14ClN5S. The highest BCUT2D eigenvalue weighted by Gasteiger charge is 2.08. The zero-order valence-corrected chi connectivity index (χ0v) is 13.0. The topological polar surface area (TPSA) is 59.4 Å². The van der Waals surface area contributed by atoms with E-state index in [0.29, 0.717) is 10.2 Å². The first-order chi connectivity index (χ1) is 10.3. The molecule has 0 unspecified atom stereocenters. The van der Waals surface area contributed by atoms with E-state index in [-0.39, 0.29) is 0 Å². The van der Waals surface area contributed by atoms with Crippen molar-refractivity contribution in [2.75, 3.05) is 0 Å². The van der Waals surface area contributed by atoms with Gasteiger partial charge in [0.2, 0.25) is 5.16 Å². The molecule has 1 N–H and O–H groups in total. The summed E-state index contributed by atoms with van der Waals surface area (Å²) in [5.74, 6) is 2.52. The van der Waals surface area contributed by atoms with Crippen LogP contribution in [0.4, 0.5) is 0 Å². The summed E-state index contributed by atoms with van der Waals surface area (Å²) in [4.78, 5) is 8.82. The van der Waals surface area contributed by atoms with Gasteiger partial charge in [-0.05, 0) is 31.2 Å². The van der Waals surface area contributed by atoms with Gasteiger partial charge in [-0.3, -0.25) is 5.10 Å². The second-order valence-corrected chi connectivity index (χ2v) is 5.77. The third-order valence-electron chi connectivity index (χ3n) is 3.06. The number of aromatic nitrogens is 5. The predicted octanol–water partition coefficient (Wildman–Crippen LogP) is 3.63. The zero-order chi connectivity index (χ0) is 14.7. The lowest BCUT2D eigenvalue weighted by Crippen LogP contribution is -1.98. The average Bonchev–Trinajstić information content (AvgIpc) is 3.14. The van der Waals surface area contributed by atoms with Gasteiger partial charge in [-0.1, -0.05) is 23.4 Å². The normalized spacial score (nSPS) is 11.0. The van der Waals surface area contributed by atoms with Crippen LogP contribution in [-0.4, -0.2) is 24.7 Å². The van der Waals surface area contributed by atoms with Crippen LogP contribution in [0.2, 0.25) is 5.02 Å². The number of rotatable bonds is 5. The highest BCUT2D eigenvalue weighted by atomic mass is 35.5. The Morgan fingerprint density at radius 1 is 1.29 bits per heavy atom. The van der Waals surface area contributed by atoms with Gasteiger partial charge in [0, 0.05) is 29.5 Å². The number of benzene rings is 1. The fourth-order valence-electron chi connectivity index (χ4n) is 1.95. The van der Waals surface area contributed by atoms with E-state index in [1.807, 2.05) is 36.7 Å². The van der Waals surface area contributed by atoms with Crippen LogP contribution in [0.3, 0.4) is 0 Å². The monoisotopic (exact) mass is 319 g/mol. The SMILES string of the molecule is CCn1ccnc1CSc1n[nH]c(-c2ccc(Cl)cc2)n1. The second-order valence-electron chi connectivity index (χ2n) is 4.39. The van der Waals surface area contributed by atoms with Gasteiger partial charge in [-0.15, -0.1) is 5.10 Å². The molecule has 0 aliphatic rings. The van der Waals surface area contributed by atoms with Crippen molar-refractivity contribution < 1.29 is 0 Å². The van der Waals surface area contributed by atoms with E-state index in [4.69, 9.17) is 11.6 Å². The van der Waals surface area contributed by atoms with Crippen molar-refractivity contribution in [1.82, 2.24) is 24.7 Å². The van der Waals surface area contributed by atoms with E-state index in [1.165, 1.54) is 0 Å². The maximum absolute atomic E-state index is 5.88. The average molecular weight is 320 g/mol. The molecule has 0 fully saturated rings. The molecule has 2 aromatic heterocycles. The molecule has 2 heterocycles. The van der Waals surface area contributed by atoms with Crippen LogP contribution >= 0.6 is 23.4 Å². The lowest BCUT2D eigenvalue weighted by Gasteiger charge is -2.01. The molecule has 0 aliphatic heterocycles. The molecule has 7 heteroatoms. The first-order valence-electron chi connectivity index (χ1n) is 6.57. The Bertz CT molecular complexity index is 719. The fraction of sp³-hybridized carbons (Fsp3) is 0.214. The molecule has 0 amide bonds. The van der Waals surface area contributed by atoms with Crippen molar-refractivity contribution in [2.24, 2.45) is 0 Å². The van der Waals surface area contributed by atoms with Crippen molar-refractivity contribution in [3.63, 3.8) is 0 Å². The molecule has 0 atom stereocenters. The van der Waals surface area contributed by atoms with Crippen LogP contribution in [0, 0.1) is 0 Å². The summed E-state index contributed by atoms with van der Waals surface area (Å²) in [6.45, 7) is 3.02. The number of H-pyrrole nitrogens is 1. The Kier molecular flexibility index (Phi) is 4.26.